The molecule has 1 atom stereocenters. The highest BCUT2D eigenvalue weighted by molar-refractivity contribution is 7.90. The zero-order valence-electron chi connectivity index (χ0n) is 34.7. The Morgan fingerprint density at radius 2 is 1.82 bits per heavy atom. The molecule has 0 bridgehead atoms. The first-order valence-corrected chi connectivity index (χ1v) is 22.8. The van der Waals surface area contributed by atoms with Gasteiger partial charge in [0.2, 0.25) is 0 Å². The first kappa shape index (κ1) is 43.2. The van der Waals surface area contributed by atoms with Crippen LogP contribution in [0.5, 0.6) is 11.5 Å². The van der Waals surface area contributed by atoms with Gasteiger partial charge in [-0.15, -0.1) is 0 Å². The van der Waals surface area contributed by atoms with Gasteiger partial charge < -0.3 is 24.7 Å². The number of amides is 1. The highest BCUT2D eigenvalue weighted by atomic mass is 35.5. The first-order chi connectivity index (χ1) is 29.7. The summed E-state index contributed by atoms with van der Waals surface area (Å²) in [7, 11) is -4.63. The fraction of sp³-hybridized carbons (Fsp3) is 0.370. The quantitative estimate of drug-likeness (QED) is 0.0768. The number of aromatic nitrogens is 1. The van der Waals surface area contributed by atoms with Crippen molar-refractivity contribution < 1.29 is 32.0 Å². The van der Waals surface area contributed by atoms with Gasteiger partial charge in [0.1, 0.15) is 11.4 Å². The fourth-order valence-electron chi connectivity index (χ4n) is 8.57. The molecule has 1 aliphatic carbocycles. The minimum absolute atomic E-state index is 0.0637. The highest BCUT2D eigenvalue weighted by Gasteiger charge is 2.31. The molecule has 0 unspecified atom stereocenters. The van der Waals surface area contributed by atoms with Crippen molar-refractivity contribution in [2.75, 3.05) is 62.7 Å². The molecule has 2 aliphatic heterocycles. The van der Waals surface area contributed by atoms with Crippen molar-refractivity contribution in [2.45, 2.75) is 50.8 Å². The van der Waals surface area contributed by atoms with Crippen LogP contribution in [-0.4, -0.2) is 81.6 Å². The van der Waals surface area contributed by atoms with Gasteiger partial charge >= 0.3 is 0 Å². The van der Waals surface area contributed by atoms with Crippen molar-refractivity contribution >= 4 is 61.1 Å². The van der Waals surface area contributed by atoms with Crippen molar-refractivity contribution in [2.24, 2.45) is 11.3 Å². The van der Waals surface area contributed by atoms with E-state index in [-0.39, 0.29) is 34.1 Å². The smallest absolute Gasteiger partial charge is 0.293 e. The molecule has 5 aromatic rings. The van der Waals surface area contributed by atoms with E-state index in [9.17, 15) is 23.3 Å². The SMILES string of the molecule is CC1(C)CCC(CN2CCN(c3ccc(C(=O)NS(=O)(=O)c4ccc(NC[C@H]5CCCOC5)c([N+](=O)[O-])c4)c(Oc4cc5cc[nH]c5cc4F)c3)CC2)=C(c2ccc(Cl)cc2)C1. The van der Waals surface area contributed by atoms with E-state index in [1.165, 1.54) is 47.0 Å². The number of nitrogens with zero attached hydrogens (tertiary/aromatic N) is 3. The molecule has 1 aromatic heterocycles. The lowest BCUT2D eigenvalue weighted by molar-refractivity contribution is -0.384. The summed E-state index contributed by atoms with van der Waals surface area (Å²) in [5.41, 5.74) is 5.02. The maximum absolute atomic E-state index is 15.5. The van der Waals surface area contributed by atoms with Gasteiger partial charge in [-0.3, -0.25) is 19.8 Å². The third-order valence-electron chi connectivity index (χ3n) is 12.1. The van der Waals surface area contributed by atoms with Crippen molar-refractivity contribution in [3.8, 4) is 11.5 Å². The molecule has 4 aromatic carbocycles. The molecule has 3 heterocycles. The number of aromatic amines is 1. The summed E-state index contributed by atoms with van der Waals surface area (Å²) in [6.07, 6.45) is 6.58. The van der Waals surface area contributed by atoms with Gasteiger partial charge in [0.15, 0.2) is 11.6 Å². The fourth-order valence-corrected chi connectivity index (χ4v) is 9.68. The third-order valence-corrected chi connectivity index (χ3v) is 13.7. The Morgan fingerprint density at radius 1 is 1.03 bits per heavy atom. The van der Waals surface area contributed by atoms with Crippen LogP contribution in [0.3, 0.4) is 0 Å². The number of carbonyl (C=O) groups is 1. The summed E-state index contributed by atoms with van der Waals surface area (Å²) >= 11 is 6.23. The summed E-state index contributed by atoms with van der Waals surface area (Å²) in [6.45, 7) is 9.97. The second-order valence-electron chi connectivity index (χ2n) is 17.2. The number of nitrogens with one attached hydrogen (secondary N) is 3. The molecule has 16 heteroatoms. The number of rotatable bonds is 13. The van der Waals surface area contributed by atoms with Crippen LogP contribution >= 0.6 is 11.6 Å². The van der Waals surface area contributed by atoms with E-state index < -0.39 is 37.3 Å². The number of allylic oxidation sites excluding steroid dienone is 1. The van der Waals surface area contributed by atoms with Crippen LogP contribution in [0.25, 0.3) is 16.5 Å². The Bertz CT molecular complexity index is 2620. The van der Waals surface area contributed by atoms with Crippen LogP contribution in [0.15, 0.2) is 95.5 Å². The Kier molecular flexibility index (Phi) is 12.6. The van der Waals surface area contributed by atoms with Gasteiger partial charge in [0, 0.05) is 91.9 Å². The van der Waals surface area contributed by atoms with Crippen LogP contribution in [0.1, 0.15) is 61.9 Å². The Morgan fingerprint density at radius 3 is 2.56 bits per heavy atom. The first-order valence-electron chi connectivity index (χ1n) is 20.9. The average Bonchev–Trinajstić information content (AvgIpc) is 3.71. The minimum Gasteiger partial charge on any atom is -0.453 e. The largest absolute Gasteiger partial charge is 0.453 e. The van der Waals surface area contributed by atoms with Crippen molar-refractivity contribution in [1.29, 1.82) is 0 Å². The number of hydrogen-bond acceptors (Lipinski definition) is 10. The van der Waals surface area contributed by atoms with Crippen LogP contribution < -0.4 is 19.7 Å². The van der Waals surface area contributed by atoms with Crippen molar-refractivity contribution in [1.82, 2.24) is 14.6 Å². The van der Waals surface area contributed by atoms with Crippen LogP contribution in [0.2, 0.25) is 5.02 Å². The molecule has 0 radical (unpaired) electrons. The van der Waals surface area contributed by atoms with Gasteiger partial charge in [-0.1, -0.05) is 43.2 Å². The number of halogens is 2. The number of nitro benzene ring substituents is 1. The number of hydrogen-bond donors (Lipinski definition) is 3. The van der Waals surface area contributed by atoms with Crippen LogP contribution in [0.4, 0.5) is 21.5 Å². The monoisotopic (exact) mass is 884 g/mol. The van der Waals surface area contributed by atoms with E-state index in [1.54, 1.807) is 24.4 Å². The normalized spacial score (nSPS) is 18.5. The molecule has 2 fully saturated rings. The topological polar surface area (TPSA) is 159 Å². The Balaban J connectivity index is 1.02. The third kappa shape index (κ3) is 9.91. The van der Waals surface area contributed by atoms with E-state index in [4.69, 9.17) is 21.1 Å². The van der Waals surface area contributed by atoms with E-state index in [0.29, 0.717) is 54.5 Å². The summed E-state index contributed by atoms with van der Waals surface area (Å²) < 4.78 is 56.5. The lowest BCUT2D eigenvalue weighted by Crippen LogP contribution is -2.47. The van der Waals surface area contributed by atoms with Crippen LogP contribution in [-0.2, 0) is 14.8 Å². The molecular weight excluding hydrogens is 835 g/mol. The van der Waals surface area contributed by atoms with E-state index >= 15 is 4.39 Å². The summed E-state index contributed by atoms with van der Waals surface area (Å²) in [4.78, 5) is 32.4. The molecule has 1 amide bonds. The molecule has 62 heavy (non-hydrogen) atoms. The maximum atomic E-state index is 15.5. The number of piperazine rings is 1. The van der Waals surface area contributed by atoms with Gasteiger partial charge in [-0.2, -0.15) is 0 Å². The lowest BCUT2D eigenvalue weighted by Gasteiger charge is -2.39. The predicted molar refractivity (Wildman–Crippen MR) is 239 cm³/mol. The standard InChI is InChI=1S/C46H50ClFN6O7S/c1-46(2)15-13-33(38(26-46)31-5-7-34(47)8-6-31)28-52-17-19-53(20-18-52)35-9-11-37(43(23-35)61-44-22-32-14-16-49-41(32)25-39(44)48)45(55)51-62(58,59)36-10-12-40(42(24-36)54(56)57)50-27-30-4-3-21-60-29-30/h5-12,14,16,22-25,30,49-50H,3-4,13,15,17-21,26-29H2,1-2H3,(H,51,55)/t30-/m1/s1. The molecule has 0 saturated carbocycles. The molecule has 0 spiro atoms. The molecule has 2 saturated heterocycles. The summed E-state index contributed by atoms with van der Waals surface area (Å²) in [5.74, 6) is -1.81. The second-order valence-corrected chi connectivity index (χ2v) is 19.3. The van der Waals surface area contributed by atoms with Gasteiger partial charge in [-0.25, -0.2) is 17.5 Å². The number of sulfonamides is 1. The number of H-pyrrole nitrogens is 1. The summed E-state index contributed by atoms with van der Waals surface area (Å²) in [6, 6.07) is 20.9. The van der Waals surface area contributed by atoms with Crippen molar-refractivity contribution in [3.63, 3.8) is 0 Å². The zero-order chi connectivity index (χ0) is 43.6. The van der Waals surface area contributed by atoms with Gasteiger partial charge in [-0.05, 0) is 103 Å². The maximum Gasteiger partial charge on any atom is 0.293 e. The lowest BCUT2D eigenvalue weighted by atomic mass is 9.72. The molecule has 3 aliphatic rings. The van der Waals surface area contributed by atoms with Gasteiger partial charge in [0.25, 0.3) is 21.6 Å². The number of ether oxygens (including phenoxy) is 2. The minimum atomic E-state index is -4.63. The number of nitro groups is 1. The summed E-state index contributed by atoms with van der Waals surface area (Å²) in [5, 5.41) is 16.5. The molecule has 326 valence electrons. The highest BCUT2D eigenvalue weighted by Crippen LogP contribution is 2.43. The Labute approximate surface area is 365 Å². The van der Waals surface area contributed by atoms with E-state index in [2.05, 4.69) is 50.8 Å². The molecule has 3 N–H and O–H groups in total. The molecular formula is C46H50ClFN6O7S. The molecule has 13 nitrogen and oxygen atoms in total. The number of anilines is 2. The second kappa shape index (κ2) is 18.1. The van der Waals surface area contributed by atoms with Crippen LogP contribution in [0, 0.1) is 27.3 Å². The molecule has 8 rings (SSSR count). The average molecular weight is 885 g/mol. The number of fused-ring (bicyclic) bond motifs is 1. The van der Waals surface area contributed by atoms with E-state index in [0.717, 1.165) is 57.8 Å². The number of carbonyl (C=O) groups excluding carboxylic acids is 1. The zero-order valence-corrected chi connectivity index (χ0v) is 36.3. The number of benzene rings is 4. The van der Waals surface area contributed by atoms with Crippen molar-refractivity contribution in [3.05, 3.63) is 123 Å². The predicted octanol–water partition coefficient (Wildman–Crippen LogP) is 9.40. The van der Waals surface area contributed by atoms with Gasteiger partial charge in [0.05, 0.1) is 22.0 Å². The Hall–Kier alpha value is -5.48. The van der Waals surface area contributed by atoms with E-state index in [1.807, 2.05) is 12.1 Å².